The lowest BCUT2D eigenvalue weighted by atomic mass is 9.80. The number of hydrogen-bond acceptors (Lipinski definition) is 4. The Morgan fingerprint density at radius 3 is 2.61 bits per heavy atom. The number of amides is 1. The molecular formula is C12H21NO5. The molecule has 18 heavy (non-hydrogen) atoms. The minimum absolute atomic E-state index is 0.0939. The van der Waals surface area contributed by atoms with Crippen molar-refractivity contribution >= 4 is 12.1 Å². The monoisotopic (exact) mass is 259 g/mol. The van der Waals surface area contributed by atoms with Crippen LogP contribution < -0.4 is 5.32 Å². The van der Waals surface area contributed by atoms with Crippen LogP contribution in [0.4, 0.5) is 4.79 Å². The van der Waals surface area contributed by atoms with Gasteiger partial charge in [-0.2, -0.15) is 0 Å². The second-order valence-electron chi connectivity index (χ2n) is 4.54. The summed E-state index contributed by atoms with van der Waals surface area (Å²) in [6, 6.07) is 0. The molecule has 1 fully saturated rings. The number of carbonyl (C=O) groups is 2. The van der Waals surface area contributed by atoms with E-state index in [1.54, 1.807) is 0 Å². The van der Waals surface area contributed by atoms with Crippen molar-refractivity contribution < 1.29 is 24.2 Å². The summed E-state index contributed by atoms with van der Waals surface area (Å²) in [4.78, 5) is 22.7. The first kappa shape index (κ1) is 14.8. The number of aliphatic carboxylic acids is 1. The number of unbranched alkanes of at least 4 members (excludes halogenated alkanes) is 1. The normalized spacial score (nSPS) is 18.1. The third-order valence-electron chi connectivity index (χ3n) is 3.21. The topological polar surface area (TPSA) is 84.9 Å². The molecule has 0 aliphatic carbocycles. The molecule has 0 bridgehead atoms. The fraction of sp³-hybridized carbons (Fsp3) is 0.833. The van der Waals surface area contributed by atoms with Crippen LogP contribution in [0.25, 0.3) is 0 Å². The molecule has 0 spiro atoms. The molecule has 1 aliphatic heterocycles. The molecule has 2 N–H and O–H groups in total. The van der Waals surface area contributed by atoms with Crippen molar-refractivity contribution in [3.8, 4) is 0 Å². The molecule has 0 aromatic carbocycles. The smallest absolute Gasteiger partial charge is 0.407 e. The van der Waals surface area contributed by atoms with Crippen molar-refractivity contribution in [1.82, 2.24) is 5.32 Å². The van der Waals surface area contributed by atoms with Crippen LogP contribution in [0.3, 0.4) is 0 Å². The van der Waals surface area contributed by atoms with Crippen molar-refractivity contribution in [3.63, 3.8) is 0 Å². The molecule has 104 valence electrons. The van der Waals surface area contributed by atoms with E-state index in [1.165, 1.54) is 0 Å². The molecule has 1 rings (SSSR count). The standard InChI is InChI=1S/C12H21NO5/c1-2-3-6-18-11(16)13-9-12(10(14)15)4-7-17-8-5-12/h2-9H2,1H3,(H,13,16)(H,14,15). The number of hydrogen-bond donors (Lipinski definition) is 2. The van der Waals surface area contributed by atoms with Crippen LogP contribution in [0.1, 0.15) is 32.6 Å². The van der Waals surface area contributed by atoms with Crippen LogP contribution >= 0.6 is 0 Å². The van der Waals surface area contributed by atoms with Crippen LogP contribution in [0.15, 0.2) is 0 Å². The third-order valence-corrected chi connectivity index (χ3v) is 3.21. The third kappa shape index (κ3) is 4.18. The minimum atomic E-state index is -0.915. The van der Waals surface area contributed by atoms with Gasteiger partial charge in [0.25, 0.3) is 0 Å². The molecule has 0 aromatic rings. The summed E-state index contributed by atoms with van der Waals surface area (Å²) >= 11 is 0. The van der Waals surface area contributed by atoms with Gasteiger partial charge in [-0.05, 0) is 19.3 Å². The number of carboxylic acids is 1. The Balaban J connectivity index is 2.38. The maximum absolute atomic E-state index is 11.4. The Morgan fingerprint density at radius 1 is 1.39 bits per heavy atom. The first-order chi connectivity index (χ1) is 8.60. The summed E-state index contributed by atoms with van der Waals surface area (Å²) in [7, 11) is 0. The largest absolute Gasteiger partial charge is 0.481 e. The quantitative estimate of drug-likeness (QED) is 0.704. The van der Waals surface area contributed by atoms with Gasteiger partial charge in [-0.3, -0.25) is 4.79 Å². The van der Waals surface area contributed by atoms with Gasteiger partial charge in [0.15, 0.2) is 0 Å². The number of ether oxygens (including phenoxy) is 2. The van der Waals surface area contributed by atoms with E-state index in [1.807, 2.05) is 6.92 Å². The first-order valence-electron chi connectivity index (χ1n) is 6.32. The van der Waals surface area contributed by atoms with Gasteiger partial charge in [-0.25, -0.2) is 4.79 Å². The number of nitrogens with one attached hydrogen (secondary N) is 1. The van der Waals surface area contributed by atoms with E-state index in [2.05, 4.69) is 5.32 Å². The van der Waals surface area contributed by atoms with E-state index < -0.39 is 17.5 Å². The summed E-state index contributed by atoms with van der Waals surface area (Å²) in [6.07, 6.45) is 2.04. The maximum atomic E-state index is 11.4. The SMILES string of the molecule is CCCCOC(=O)NCC1(C(=O)O)CCOCC1. The number of carbonyl (C=O) groups excluding carboxylic acids is 1. The van der Waals surface area contributed by atoms with Gasteiger partial charge in [0.05, 0.1) is 12.0 Å². The predicted molar refractivity (Wildman–Crippen MR) is 64.4 cm³/mol. The first-order valence-corrected chi connectivity index (χ1v) is 6.32. The number of rotatable bonds is 6. The second kappa shape index (κ2) is 7.20. The zero-order valence-electron chi connectivity index (χ0n) is 10.7. The lowest BCUT2D eigenvalue weighted by Crippen LogP contribution is -2.46. The van der Waals surface area contributed by atoms with Crippen LogP contribution in [-0.2, 0) is 14.3 Å². The Morgan fingerprint density at radius 2 is 2.06 bits per heavy atom. The van der Waals surface area contributed by atoms with Gasteiger partial charge >= 0.3 is 12.1 Å². The lowest BCUT2D eigenvalue weighted by molar-refractivity contribution is -0.154. The fourth-order valence-electron chi connectivity index (χ4n) is 1.83. The van der Waals surface area contributed by atoms with E-state index in [9.17, 15) is 14.7 Å². The van der Waals surface area contributed by atoms with Gasteiger partial charge in [-0.15, -0.1) is 0 Å². The molecule has 1 saturated heterocycles. The average Bonchev–Trinajstić information content (AvgIpc) is 2.37. The second-order valence-corrected chi connectivity index (χ2v) is 4.54. The highest BCUT2D eigenvalue weighted by molar-refractivity contribution is 5.76. The Bertz CT molecular complexity index is 286. The molecule has 0 saturated carbocycles. The van der Waals surface area contributed by atoms with Crippen molar-refractivity contribution in [2.75, 3.05) is 26.4 Å². The number of alkyl carbamates (subject to hydrolysis) is 1. The van der Waals surface area contributed by atoms with E-state index in [-0.39, 0.29) is 6.54 Å². The summed E-state index contributed by atoms with van der Waals surface area (Å²) in [5.74, 6) is -0.889. The zero-order chi connectivity index (χ0) is 13.4. The number of carboxylic acid groups (broad SMARTS) is 1. The Hall–Kier alpha value is -1.30. The molecule has 0 atom stereocenters. The highest BCUT2D eigenvalue weighted by atomic mass is 16.5. The molecule has 0 radical (unpaired) electrons. The van der Waals surface area contributed by atoms with Crippen LogP contribution in [0.5, 0.6) is 0 Å². The van der Waals surface area contributed by atoms with Gasteiger partial charge in [0.2, 0.25) is 0 Å². The van der Waals surface area contributed by atoms with Gasteiger partial charge in [-0.1, -0.05) is 13.3 Å². The molecule has 1 amide bonds. The molecule has 0 aromatic heterocycles. The fourth-order valence-corrected chi connectivity index (χ4v) is 1.83. The van der Waals surface area contributed by atoms with E-state index in [0.717, 1.165) is 12.8 Å². The zero-order valence-corrected chi connectivity index (χ0v) is 10.7. The van der Waals surface area contributed by atoms with Gasteiger partial charge < -0.3 is 19.9 Å². The Labute approximate surface area is 107 Å². The van der Waals surface area contributed by atoms with Crippen LogP contribution in [0, 0.1) is 5.41 Å². The molecular weight excluding hydrogens is 238 g/mol. The van der Waals surface area contributed by atoms with Crippen molar-refractivity contribution in [1.29, 1.82) is 0 Å². The van der Waals surface area contributed by atoms with Crippen molar-refractivity contribution in [2.24, 2.45) is 5.41 Å². The molecule has 0 unspecified atom stereocenters. The van der Waals surface area contributed by atoms with Crippen LogP contribution in [0.2, 0.25) is 0 Å². The predicted octanol–water partition coefficient (Wildman–Crippen LogP) is 1.39. The lowest BCUT2D eigenvalue weighted by Gasteiger charge is -2.32. The van der Waals surface area contributed by atoms with E-state index in [4.69, 9.17) is 9.47 Å². The molecule has 6 heteroatoms. The minimum Gasteiger partial charge on any atom is -0.481 e. The molecule has 6 nitrogen and oxygen atoms in total. The highest BCUT2D eigenvalue weighted by Crippen LogP contribution is 2.30. The summed E-state index contributed by atoms with van der Waals surface area (Å²) in [5.41, 5.74) is -0.915. The maximum Gasteiger partial charge on any atom is 0.407 e. The average molecular weight is 259 g/mol. The Kier molecular flexibility index (Phi) is 5.91. The molecule has 1 heterocycles. The van der Waals surface area contributed by atoms with Gasteiger partial charge in [0, 0.05) is 19.8 Å². The van der Waals surface area contributed by atoms with Gasteiger partial charge in [0.1, 0.15) is 0 Å². The summed E-state index contributed by atoms with van der Waals surface area (Å²) < 4.78 is 10.1. The van der Waals surface area contributed by atoms with E-state index >= 15 is 0 Å². The van der Waals surface area contributed by atoms with Crippen molar-refractivity contribution in [2.45, 2.75) is 32.6 Å². The molecule has 1 aliphatic rings. The highest BCUT2D eigenvalue weighted by Gasteiger charge is 2.40. The van der Waals surface area contributed by atoms with E-state index in [0.29, 0.717) is 32.7 Å². The summed E-state index contributed by atoms with van der Waals surface area (Å²) in [5, 5.41) is 11.8. The van der Waals surface area contributed by atoms with Crippen LogP contribution in [-0.4, -0.2) is 43.5 Å². The van der Waals surface area contributed by atoms with Crippen molar-refractivity contribution in [3.05, 3.63) is 0 Å². The summed E-state index contributed by atoms with van der Waals surface area (Å²) in [6.45, 7) is 3.29.